The van der Waals surface area contributed by atoms with Crippen LogP contribution < -0.4 is 10.1 Å². The molecule has 8 heteroatoms. The zero-order chi connectivity index (χ0) is 19.5. The van der Waals surface area contributed by atoms with Crippen molar-refractivity contribution < 1.29 is 13.9 Å². The number of H-pyrrole nitrogens is 1. The van der Waals surface area contributed by atoms with Gasteiger partial charge in [0.2, 0.25) is 0 Å². The maximum absolute atomic E-state index is 13.9. The van der Waals surface area contributed by atoms with E-state index in [2.05, 4.69) is 20.3 Å². The highest BCUT2D eigenvalue weighted by atomic mass is 19.1. The number of pyridine rings is 1. The van der Waals surface area contributed by atoms with Gasteiger partial charge in [-0.05, 0) is 37.1 Å². The zero-order valence-electron chi connectivity index (χ0n) is 15.4. The molecule has 1 aliphatic rings. The first-order chi connectivity index (χ1) is 13.5. The maximum Gasteiger partial charge on any atom is 0.263 e. The van der Waals surface area contributed by atoms with Gasteiger partial charge in [-0.3, -0.25) is 4.79 Å². The summed E-state index contributed by atoms with van der Waals surface area (Å²) in [6.07, 6.45) is 3.85. The standard InChI is InChI=1S/C20H18FN5O2/c1-26-14(12-3-4-13-17(18(12)28-2)24-10-23-13)7-11-8-16(22-9-15(11)26)25-19(27)20(21)5-6-20/h3-4,7-10H,5-6H2,1-2H3,(H,23,24)(H,22,25,27). The van der Waals surface area contributed by atoms with E-state index in [1.807, 2.05) is 29.8 Å². The fourth-order valence-corrected chi connectivity index (χ4v) is 3.52. The predicted octanol–water partition coefficient (Wildman–Crippen LogP) is 3.57. The number of amides is 1. The van der Waals surface area contributed by atoms with Crippen LogP contribution in [0.25, 0.3) is 33.2 Å². The Morgan fingerprint density at radius 1 is 1.32 bits per heavy atom. The second kappa shape index (κ2) is 5.79. The fraction of sp³-hybridized carbons (Fsp3) is 0.250. The first-order valence-corrected chi connectivity index (χ1v) is 8.96. The highest BCUT2D eigenvalue weighted by Crippen LogP contribution is 2.41. The molecular formula is C20H18FN5O2. The van der Waals surface area contributed by atoms with Gasteiger partial charge in [-0.25, -0.2) is 14.4 Å². The van der Waals surface area contributed by atoms with Gasteiger partial charge in [-0.2, -0.15) is 0 Å². The van der Waals surface area contributed by atoms with Crippen LogP contribution in [0, 0.1) is 0 Å². The van der Waals surface area contributed by atoms with Crippen molar-refractivity contribution in [3.05, 3.63) is 36.8 Å². The molecule has 1 fully saturated rings. The van der Waals surface area contributed by atoms with Crippen LogP contribution in [0.5, 0.6) is 5.75 Å². The van der Waals surface area contributed by atoms with Crippen molar-refractivity contribution in [1.82, 2.24) is 19.5 Å². The van der Waals surface area contributed by atoms with Crippen LogP contribution in [-0.4, -0.2) is 38.2 Å². The van der Waals surface area contributed by atoms with Crippen molar-refractivity contribution in [2.24, 2.45) is 7.05 Å². The summed E-state index contributed by atoms with van der Waals surface area (Å²) in [5, 5.41) is 3.46. The van der Waals surface area contributed by atoms with Crippen molar-refractivity contribution in [3.8, 4) is 17.0 Å². The highest BCUT2D eigenvalue weighted by molar-refractivity contribution is 6.00. The molecule has 5 rings (SSSR count). The lowest BCUT2D eigenvalue weighted by Gasteiger charge is -2.10. The van der Waals surface area contributed by atoms with E-state index in [9.17, 15) is 9.18 Å². The first-order valence-electron chi connectivity index (χ1n) is 8.96. The van der Waals surface area contributed by atoms with Gasteiger partial charge in [-0.15, -0.1) is 0 Å². The number of rotatable bonds is 4. The monoisotopic (exact) mass is 379 g/mol. The van der Waals surface area contributed by atoms with Gasteiger partial charge < -0.3 is 19.6 Å². The highest BCUT2D eigenvalue weighted by Gasteiger charge is 2.51. The topological polar surface area (TPSA) is 84.8 Å². The van der Waals surface area contributed by atoms with Crippen LogP contribution in [0.3, 0.4) is 0 Å². The predicted molar refractivity (Wildman–Crippen MR) is 104 cm³/mol. The Morgan fingerprint density at radius 3 is 2.89 bits per heavy atom. The van der Waals surface area contributed by atoms with E-state index in [0.29, 0.717) is 11.6 Å². The van der Waals surface area contributed by atoms with E-state index in [-0.39, 0.29) is 12.8 Å². The quantitative estimate of drug-likeness (QED) is 0.568. The number of ether oxygens (including phenoxy) is 1. The Labute approximate surface area is 159 Å². The third kappa shape index (κ3) is 2.45. The van der Waals surface area contributed by atoms with E-state index in [0.717, 1.165) is 33.2 Å². The van der Waals surface area contributed by atoms with Crippen molar-refractivity contribution in [1.29, 1.82) is 0 Å². The van der Waals surface area contributed by atoms with Gasteiger partial charge in [0, 0.05) is 18.0 Å². The summed E-state index contributed by atoms with van der Waals surface area (Å²) in [5.74, 6) is 0.397. The van der Waals surface area contributed by atoms with Crippen molar-refractivity contribution in [2.75, 3.05) is 12.4 Å². The van der Waals surface area contributed by atoms with Crippen LogP contribution in [-0.2, 0) is 11.8 Å². The summed E-state index contributed by atoms with van der Waals surface area (Å²) < 4.78 is 21.5. The lowest BCUT2D eigenvalue weighted by Crippen LogP contribution is -2.25. The minimum absolute atomic E-state index is 0.270. The van der Waals surface area contributed by atoms with Gasteiger partial charge in [0.15, 0.2) is 11.4 Å². The normalized spacial score (nSPS) is 15.1. The minimum atomic E-state index is -1.73. The number of aromatic amines is 1. The molecule has 1 saturated carbocycles. The molecule has 4 aromatic rings. The number of carbonyl (C=O) groups excluding carboxylic acids is 1. The number of aromatic nitrogens is 4. The molecule has 0 atom stereocenters. The number of carbonyl (C=O) groups is 1. The van der Waals surface area contributed by atoms with Gasteiger partial charge in [0.05, 0.1) is 36.4 Å². The zero-order valence-corrected chi connectivity index (χ0v) is 15.4. The Hall–Kier alpha value is -3.42. The van der Waals surface area contributed by atoms with E-state index in [1.54, 1.807) is 25.7 Å². The average Bonchev–Trinajstić information content (AvgIpc) is 3.13. The van der Waals surface area contributed by atoms with Gasteiger partial charge in [0.1, 0.15) is 11.3 Å². The molecule has 3 heterocycles. The molecule has 2 N–H and O–H groups in total. The lowest BCUT2D eigenvalue weighted by molar-refractivity contribution is -0.122. The SMILES string of the molecule is COc1c(-c2cc3cc(NC(=O)C4(F)CC4)ncc3n2C)ccc2[nH]cnc12. The number of nitrogens with zero attached hydrogens (tertiary/aromatic N) is 3. The number of fused-ring (bicyclic) bond motifs is 2. The van der Waals surface area contributed by atoms with E-state index in [4.69, 9.17) is 4.74 Å². The number of aryl methyl sites for hydroxylation is 1. The maximum atomic E-state index is 13.9. The molecule has 142 valence electrons. The van der Waals surface area contributed by atoms with Crippen molar-refractivity contribution >= 4 is 33.7 Å². The Balaban J connectivity index is 1.59. The largest absolute Gasteiger partial charge is 0.494 e. The number of hydrogen-bond acceptors (Lipinski definition) is 4. The summed E-state index contributed by atoms with van der Waals surface area (Å²) in [4.78, 5) is 23.7. The first kappa shape index (κ1) is 16.7. The Morgan fingerprint density at radius 2 is 2.14 bits per heavy atom. The number of anilines is 1. The van der Waals surface area contributed by atoms with Crippen LogP contribution in [0.2, 0.25) is 0 Å². The average molecular weight is 379 g/mol. The Kier molecular flexibility index (Phi) is 3.46. The summed E-state index contributed by atoms with van der Waals surface area (Å²) >= 11 is 0. The van der Waals surface area contributed by atoms with Crippen LogP contribution in [0.15, 0.2) is 36.8 Å². The Bertz CT molecular complexity index is 1240. The number of nitrogens with one attached hydrogen (secondary N) is 2. The molecule has 0 aliphatic heterocycles. The molecule has 1 aromatic carbocycles. The van der Waals surface area contributed by atoms with Gasteiger partial charge in [-0.1, -0.05) is 0 Å². The lowest BCUT2D eigenvalue weighted by atomic mass is 10.1. The van der Waals surface area contributed by atoms with E-state index >= 15 is 0 Å². The van der Waals surface area contributed by atoms with Crippen LogP contribution in [0.1, 0.15) is 12.8 Å². The molecule has 7 nitrogen and oxygen atoms in total. The number of imidazole rings is 1. The molecule has 0 radical (unpaired) electrons. The third-order valence-electron chi connectivity index (χ3n) is 5.29. The smallest absolute Gasteiger partial charge is 0.263 e. The second-order valence-corrected chi connectivity index (χ2v) is 7.08. The minimum Gasteiger partial charge on any atom is -0.494 e. The molecule has 0 bridgehead atoms. The molecule has 3 aromatic heterocycles. The van der Waals surface area contributed by atoms with E-state index in [1.165, 1.54) is 0 Å². The van der Waals surface area contributed by atoms with Gasteiger partial charge >= 0.3 is 0 Å². The van der Waals surface area contributed by atoms with Crippen molar-refractivity contribution in [2.45, 2.75) is 18.5 Å². The summed E-state index contributed by atoms with van der Waals surface area (Å²) in [7, 11) is 3.56. The number of benzene rings is 1. The molecule has 1 aliphatic carbocycles. The number of hydrogen-bond donors (Lipinski definition) is 2. The van der Waals surface area contributed by atoms with Gasteiger partial charge in [0.25, 0.3) is 5.91 Å². The molecule has 28 heavy (non-hydrogen) atoms. The molecular weight excluding hydrogens is 361 g/mol. The summed E-state index contributed by atoms with van der Waals surface area (Å²) in [5.41, 5.74) is 2.63. The fourth-order valence-electron chi connectivity index (χ4n) is 3.52. The van der Waals surface area contributed by atoms with E-state index < -0.39 is 11.6 Å². The van der Waals surface area contributed by atoms with Crippen molar-refractivity contribution in [3.63, 3.8) is 0 Å². The van der Waals surface area contributed by atoms with Crippen LogP contribution in [0.4, 0.5) is 10.2 Å². The van der Waals surface area contributed by atoms with Crippen LogP contribution >= 0.6 is 0 Å². The number of halogens is 1. The summed E-state index contributed by atoms with van der Waals surface area (Å²) in [6, 6.07) is 7.68. The molecule has 0 saturated heterocycles. The second-order valence-electron chi connectivity index (χ2n) is 7.08. The summed E-state index contributed by atoms with van der Waals surface area (Å²) in [6.45, 7) is 0. The molecule has 0 unspecified atom stereocenters. The molecule has 0 spiro atoms. The third-order valence-corrected chi connectivity index (χ3v) is 5.29. The number of methoxy groups -OCH3 is 1. The molecule has 1 amide bonds. The number of alkyl halides is 1.